The lowest BCUT2D eigenvalue weighted by Crippen LogP contribution is -2.31. The number of fused-ring (bicyclic) bond motifs is 1. The van der Waals surface area contributed by atoms with E-state index >= 15 is 0 Å². The topological polar surface area (TPSA) is 90.3 Å². The van der Waals surface area contributed by atoms with Crippen LogP contribution in [0.2, 0.25) is 0 Å². The van der Waals surface area contributed by atoms with Crippen molar-refractivity contribution in [3.05, 3.63) is 64.7 Å². The number of amides is 3. The average molecular weight is 347 g/mol. The molecule has 1 heterocycles. The number of imide groups is 1. The number of nitrogens with one attached hydrogen (secondary N) is 1. The summed E-state index contributed by atoms with van der Waals surface area (Å²) in [6.45, 7) is 2.06. The third kappa shape index (κ3) is 3.47. The smallest absolute Gasteiger partial charge is 0.261 e. The average Bonchev–Trinajstić information content (AvgIpc) is 2.86. The number of benzene rings is 2. The molecule has 0 saturated carbocycles. The largest absolute Gasteiger partial charge is 0.326 e. The molecule has 6 nitrogen and oxygen atoms in total. The van der Waals surface area contributed by atoms with Crippen molar-refractivity contribution < 1.29 is 14.4 Å². The lowest BCUT2D eigenvalue weighted by molar-refractivity contribution is -0.116. The molecule has 0 aromatic heterocycles. The summed E-state index contributed by atoms with van der Waals surface area (Å²) in [6.07, 6.45) is 0.539. The SMILES string of the molecule is Cc1ccc2c(c1)C(=O)N(CCCC(=O)Nc1cccc(C#N)c1)C2=O. The quantitative estimate of drug-likeness (QED) is 0.842. The van der Waals surface area contributed by atoms with Crippen LogP contribution >= 0.6 is 0 Å². The zero-order valence-corrected chi connectivity index (χ0v) is 14.3. The third-order valence-corrected chi connectivity index (χ3v) is 4.19. The number of nitriles is 1. The van der Waals surface area contributed by atoms with Gasteiger partial charge in [-0.25, -0.2) is 0 Å². The van der Waals surface area contributed by atoms with Crippen molar-refractivity contribution in [1.82, 2.24) is 4.90 Å². The number of carbonyl (C=O) groups excluding carboxylic acids is 3. The Labute approximate surface area is 151 Å². The molecule has 6 heteroatoms. The highest BCUT2D eigenvalue weighted by molar-refractivity contribution is 6.21. The monoisotopic (exact) mass is 347 g/mol. The van der Waals surface area contributed by atoms with Crippen LogP contribution in [0, 0.1) is 18.3 Å². The molecule has 2 aromatic carbocycles. The molecule has 0 bridgehead atoms. The fraction of sp³-hybridized carbons (Fsp3) is 0.200. The van der Waals surface area contributed by atoms with Crippen molar-refractivity contribution in [2.75, 3.05) is 11.9 Å². The molecular weight excluding hydrogens is 330 g/mol. The van der Waals surface area contributed by atoms with Gasteiger partial charge in [0.1, 0.15) is 0 Å². The van der Waals surface area contributed by atoms with Crippen molar-refractivity contribution in [3.8, 4) is 6.07 Å². The Morgan fingerprint density at radius 1 is 1.12 bits per heavy atom. The number of hydrogen-bond acceptors (Lipinski definition) is 4. The Balaban J connectivity index is 1.55. The number of carbonyl (C=O) groups is 3. The standard InChI is InChI=1S/C20H17N3O3/c1-13-7-8-16-17(10-13)20(26)23(19(16)25)9-3-6-18(24)22-15-5-2-4-14(11-15)12-21/h2,4-5,7-8,10-11H,3,6,9H2,1H3,(H,22,24). The van der Waals surface area contributed by atoms with Crippen LogP contribution in [0.3, 0.4) is 0 Å². The normalized spacial score (nSPS) is 12.7. The van der Waals surface area contributed by atoms with Gasteiger partial charge in [-0.3, -0.25) is 19.3 Å². The van der Waals surface area contributed by atoms with Crippen LogP contribution in [0.25, 0.3) is 0 Å². The maximum Gasteiger partial charge on any atom is 0.261 e. The van der Waals surface area contributed by atoms with Crippen LogP contribution < -0.4 is 5.32 Å². The number of anilines is 1. The summed E-state index contributed by atoms with van der Waals surface area (Å²) in [5.74, 6) is -0.851. The fourth-order valence-electron chi connectivity index (χ4n) is 2.90. The molecule has 0 spiro atoms. The molecular formula is C20H17N3O3. The Morgan fingerprint density at radius 2 is 1.88 bits per heavy atom. The van der Waals surface area contributed by atoms with E-state index in [2.05, 4.69) is 5.32 Å². The van der Waals surface area contributed by atoms with Gasteiger partial charge in [-0.05, 0) is 43.7 Å². The fourth-order valence-corrected chi connectivity index (χ4v) is 2.90. The Kier molecular flexibility index (Phi) is 4.81. The van der Waals surface area contributed by atoms with Gasteiger partial charge in [0.05, 0.1) is 22.8 Å². The third-order valence-electron chi connectivity index (χ3n) is 4.19. The Hall–Kier alpha value is -3.46. The van der Waals surface area contributed by atoms with Gasteiger partial charge in [-0.1, -0.05) is 17.7 Å². The van der Waals surface area contributed by atoms with Crippen LogP contribution in [-0.4, -0.2) is 29.2 Å². The summed E-state index contributed by atoms with van der Waals surface area (Å²) in [5, 5.41) is 11.6. The highest BCUT2D eigenvalue weighted by atomic mass is 16.2. The number of rotatable bonds is 5. The summed E-state index contributed by atoms with van der Waals surface area (Å²) in [5.41, 5.74) is 2.77. The van der Waals surface area contributed by atoms with E-state index < -0.39 is 0 Å². The minimum absolute atomic E-state index is 0.170. The molecule has 130 valence electrons. The van der Waals surface area contributed by atoms with Gasteiger partial charge >= 0.3 is 0 Å². The first-order chi connectivity index (χ1) is 12.5. The van der Waals surface area contributed by atoms with Crippen molar-refractivity contribution in [1.29, 1.82) is 5.26 Å². The molecule has 3 rings (SSSR count). The van der Waals surface area contributed by atoms with Gasteiger partial charge in [-0.2, -0.15) is 5.26 Å². The second-order valence-corrected chi connectivity index (χ2v) is 6.16. The van der Waals surface area contributed by atoms with Crippen molar-refractivity contribution >= 4 is 23.4 Å². The molecule has 2 aromatic rings. The zero-order valence-electron chi connectivity index (χ0n) is 14.3. The second-order valence-electron chi connectivity index (χ2n) is 6.16. The first-order valence-corrected chi connectivity index (χ1v) is 8.26. The lowest BCUT2D eigenvalue weighted by Gasteiger charge is -2.13. The molecule has 1 N–H and O–H groups in total. The van der Waals surface area contributed by atoms with Gasteiger partial charge in [0.2, 0.25) is 5.91 Å². The van der Waals surface area contributed by atoms with E-state index in [0.29, 0.717) is 28.8 Å². The molecule has 3 amide bonds. The van der Waals surface area contributed by atoms with Gasteiger partial charge in [0, 0.05) is 18.7 Å². The molecule has 1 aliphatic heterocycles. The molecule has 0 fully saturated rings. The first-order valence-electron chi connectivity index (χ1n) is 8.26. The first kappa shape index (κ1) is 17.4. The summed E-state index contributed by atoms with van der Waals surface area (Å²) in [4.78, 5) is 37.9. The summed E-state index contributed by atoms with van der Waals surface area (Å²) < 4.78 is 0. The van der Waals surface area contributed by atoms with Gasteiger partial charge < -0.3 is 5.32 Å². The van der Waals surface area contributed by atoms with Gasteiger partial charge in [0.15, 0.2) is 0 Å². The maximum atomic E-state index is 12.4. The van der Waals surface area contributed by atoms with Crippen LogP contribution in [0.4, 0.5) is 5.69 Å². The number of hydrogen-bond donors (Lipinski definition) is 1. The molecule has 0 radical (unpaired) electrons. The number of nitrogens with zero attached hydrogens (tertiary/aromatic N) is 2. The Morgan fingerprint density at radius 3 is 2.65 bits per heavy atom. The van der Waals surface area contributed by atoms with Crippen LogP contribution in [-0.2, 0) is 4.79 Å². The van der Waals surface area contributed by atoms with Crippen LogP contribution in [0.15, 0.2) is 42.5 Å². The molecule has 1 aliphatic rings. The highest BCUT2D eigenvalue weighted by Gasteiger charge is 2.34. The minimum atomic E-state index is -0.313. The minimum Gasteiger partial charge on any atom is -0.326 e. The van der Waals surface area contributed by atoms with E-state index in [1.165, 1.54) is 4.90 Å². The molecule has 26 heavy (non-hydrogen) atoms. The van der Waals surface area contributed by atoms with E-state index in [9.17, 15) is 14.4 Å². The van der Waals surface area contributed by atoms with Gasteiger partial charge in [0.25, 0.3) is 11.8 Å². The summed E-state index contributed by atoms with van der Waals surface area (Å²) in [7, 11) is 0. The predicted molar refractivity (Wildman–Crippen MR) is 95.6 cm³/mol. The Bertz CT molecular complexity index is 944. The van der Waals surface area contributed by atoms with E-state index in [0.717, 1.165) is 5.56 Å². The lowest BCUT2D eigenvalue weighted by atomic mass is 10.1. The summed E-state index contributed by atoms with van der Waals surface area (Å²) in [6, 6.07) is 13.8. The molecule has 0 aliphatic carbocycles. The second kappa shape index (κ2) is 7.19. The molecule has 0 unspecified atom stereocenters. The van der Waals surface area contributed by atoms with Crippen molar-refractivity contribution in [3.63, 3.8) is 0 Å². The maximum absolute atomic E-state index is 12.4. The number of aryl methyl sites for hydroxylation is 1. The highest BCUT2D eigenvalue weighted by Crippen LogP contribution is 2.24. The summed E-state index contributed by atoms with van der Waals surface area (Å²) >= 11 is 0. The van der Waals surface area contributed by atoms with Crippen LogP contribution in [0.1, 0.15) is 44.7 Å². The van der Waals surface area contributed by atoms with E-state index in [-0.39, 0.29) is 30.7 Å². The van der Waals surface area contributed by atoms with E-state index in [4.69, 9.17) is 5.26 Å². The van der Waals surface area contributed by atoms with Crippen LogP contribution in [0.5, 0.6) is 0 Å². The van der Waals surface area contributed by atoms with Crippen molar-refractivity contribution in [2.24, 2.45) is 0 Å². The molecule has 0 atom stereocenters. The zero-order chi connectivity index (χ0) is 18.7. The van der Waals surface area contributed by atoms with E-state index in [1.807, 2.05) is 13.0 Å². The van der Waals surface area contributed by atoms with Crippen molar-refractivity contribution in [2.45, 2.75) is 19.8 Å². The van der Waals surface area contributed by atoms with E-state index in [1.54, 1.807) is 42.5 Å². The predicted octanol–water partition coefficient (Wildman–Crippen LogP) is 2.88. The molecule has 0 saturated heterocycles. The van der Waals surface area contributed by atoms with Gasteiger partial charge in [-0.15, -0.1) is 0 Å².